The maximum atomic E-state index is 13.2. The zero-order chi connectivity index (χ0) is 18.4. The van der Waals surface area contributed by atoms with Gasteiger partial charge in [-0.3, -0.25) is 9.69 Å². The molecule has 0 saturated carbocycles. The Morgan fingerprint density at radius 3 is 2.81 bits per heavy atom. The normalized spacial score (nSPS) is 17.2. The van der Waals surface area contributed by atoms with Gasteiger partial charge in [-0.15, -0.1) is 0 Å². The lowest BCUT2D eigenvalue weighted by molar-refractivity contribution is -0.121. The molecule has 1 aromatic heterocycles. The van der Waals surface area contributed by atoms with E-state index < -0.39 is 0 Å². The average Bonchev–Trinajstić information content (AvgIpc) is 3.16. The van der Waals surface area contributed by atoms with Crippen LogP contribution in [0.15, 0.2) is 47.1 Å². The lowest BCUT2D eigenvalue weighted by atomic mass is 9.97. The minimum atomic E-state index is -0.264. The summed E-state index contributed by atoms with van der Waals surface area (Å²) in [6.07, 6.45) is 4.91. The number of carbonyl (C=O) groups is 1. The van der Waals surface area contributed by atoms with Crippen LogP contribution in [-0.4, -0.2) is 30.4 Å². The largest absolute Gasteiger partial charge is 0.468 e. The molecule has 26 heavy (non-hydrogen) atoms. The first-order valence-electron chi connectivity index (χ1n) is 9.40. The fourth-order valence-corrected chi connectivity index (χ4v) is 3.48. The second-order valence-corrected chi connectivity index (χ2v) is 7.18. The Bertz CT molecular complexity index is 694. The van der Waals surface area contributed by atoms with E-state index in [0.717, 1.165) is 30.3 Å². The van der Waals surface area contributed by atoms with Crippen LogP contribution in [0.4, 0.5) is 4.39 Å². The van der Waals surface area contributed by atoms with Crippen molar-refractivity contribution in [3.8, 4) is 0 Å². The molecule has 2 heterocycles. The smallest absolute Gasteiger partial charge is 0.220 e. The maximum absolute atomic E-state index is 13.2. The van der Waals surface area contributed by atoms with Gasteiger partial charge in [0.2, 0.25) is 5.91 Å². The minimum Gasteiger partial charge on any atom is -0.468 e. The Hall–Kier alpha value is -2.14. The predicted molar refractivity (Wildman–Crippen MR) is 99.2 cm³/mol. The van der Waals surface area contributed by atoms with Crippen molar-refractivity contribution in [3.63, 3.8) is 0 Å². The number of nitrogens with zero attached hydrogens (tertiary/aromatic N) is 1. The molecule has 1 unspecified atom stereocenters. The number of benzene rings is 1. The number of piperidine rings is 1. The molecule has 1 aliphatic heterocycles. The molecule has 1 amide bonds. The van der Waals surface area contributed by atoms with Gasteiger partial charge in [-0.2, -0.15) is 0 Å². The second kappa shape index (κ2) is 8.99. The molecule has 3 rings (SSSR count). The molecule has 1 N–H and O–H groups in total. The van der Waals surface area contributed by atoms with Crippen LogP contribution in [0.1, 0.15) is 43.6 Å². The van der Waals surface area contributed by atoms with Gasteiger partial charge in [0.05, 0.1) is 12.3 Å². The van der Waals surface area contributed by atoms with E-state index in [0.29, 0.717) is 19.4 Å². The summed E-state index contributed by atoms with van der Waals surface area (Å²) in [5.41, 5.74) is 0.841. The van der Waals surface area contributed by atoms with Crippen LogP contribution in [-0.2, 0) is 11.2 Å². The van der Waals surface area contributed by atoms with Gasteiger partial charge in [-0.1, -0.05) is 19.1 Å². The molecule has 1 fully saturated rings. The fraction of sp³-hybridized carbons (Fsp3) is 0.476. The number of furan rings is 1. The van der Waals surface area contributed by atoms with Crippen LogP contribution >= 0.6 is 0 Å². The number of aryl methyl sites for hydroxylation is 1. The molecule has 0 bridgehead atoms. The summed E-state index contributed by atoms with van der Waals surface area (Å²) in [4.78, 5) is 14.7. The number of halogens is 1. The fourth-order valence-electron chi connectivity index (χ4n) is 3.48. The summed E-state index contributed by atoms with van der Waals surface area (Å²) in [5.74, 6) is 1.37. The first-order valence-corrected chi connectivity index (χ1v) is 9.40. The average molecular weight is 358 g/mol. The first kappa shape index (κ1) is 18.6. The third-order valence-electron chi connectivity index (χ3n) is 5.15. The van der Waals surface area contributed by atoms with Crippen LogP contribution in [0.25, 0.3) is 0 Å². The summed E-state index contributed by atoms with van der Waals surface area (Å²) in [7, 11) is 0. The van der Waals surface area contributed by atoms with Gasteiger partial charge in [0, 0.05) is 13.0 Å². The van der Waals surface area contributed by atoms with Crippen LogP contribution < -0.4 is 5.32 Å². The standard InChI is InChI=1S/C21H27FN2O2/c1-16-9-11-24(12-10-16)19(20-6-3-13-26-20)15-23-21(25)8-7-17-4-2-5-18(22)14-17/h2-6,13-14,16,19H,7-12,15H2,1H3,(H,23,25). The van der Waals surface area contributed by atoms with Crippen molar-refractivity contribution >= 4 is 5.91 Å². The van der Waals surface area contributed by atoms with Crippen LogP contribution in [0.3, 0.4) is 0 Å². The predicted octanol–water partition coefficient (Wildman–Crippen LogP) is 3.94. The van der Waals surface area contributed by atoms with Gasteiger partial charge >= 0.3 is 0 Å². The second-order valence-electron chi connectivity index (χ2n) is 7.18. The van der Waals surface area contributed by atoms with E-state index in [2.05, 4.69) is 17.1 Å². The number of carbonyl (C=O) groups excluding carboxylic acids is 1. The molecule has 0 aliphatic carbocycles. The van der Waals surface area contributed by atoms with Crippen LogP contribution in [0, 0.1) is 11.7 Å². The molecule has 2 aromatic rings. The molecular formula is C21H27FN2O2. The minimum absolute atomic E-state index is 0.0174. The summed E-state index contributed by atoms with van der Waals surface area (Å²) in [5, 5.41) is 3.03. The van der Waals surface area contributed by atoms with Crippen molar-refractivity contribution in [2.24, 2.45) is 5.92 Å². The molecule has 140 valence electrons. The highest BCUT2D eigenvalue weighted by Crippen LogP contribution is 2.26. The van der Waals surface area contributed by atoms with Gasteiger partial charge in [-0.25, -0.2) is 4.39 Å². The monoisotopic (exact) mass is 358 g/mol. The Morgan fingerprint density at radius 1 is 1.31 bits per heavy atom. The Labute approximate surface area is 154 Å². The lowest BCUT2D eigenvalue weighted by Crippen LogP contribution is -2.41. The zero-order valence-electron chi connectivity index (χ0n) is 15.3. The molecule has 1 aromatic carbocycles. The summed E-state index contributed by atoms with van der Waals surface area (Å²) >= 11 is 0. The van der Waals surface area contributed by atoms with Gasteiger partial charge in [-0.05, 0) is 68.1 Å². The van der Waals surface area contributed by atoms with Crippen molar-refractivity contribution < 1.29 is 13.6 Å². The van der Waals surface area contributed by atoms with Crippen LogP contribution in [0.5, 0.6) is 0 Å². The SMILES string of the molecule is CC1CCN(C(CNC(=O)CCc2cccc(F)c2)c2ccco2)CC1. The topological polar surface area (TPSA) is 45.5 Å². The Morgan fingerprint density at radius 2 is 2.12 bits per heavy atom. The number of likely N-dealkylation sites (tertiary alicyclic amines) is 1. The Balaban J connectivity index is 1.53. The van der Waals surface area contributed by atoms with Crippen molar-refractivity contribution in [2.75, 3.05) is 19.6 Å². The molecule has 1 aliphatic rings. The summed E-state index contributed by atoms with van der Waals surface area (Å²) in [6.45, 7) is 4.86. The number of nitrogens with one attached hydrogen (secondary N) is 1. The maximum Gasteiger partial charge on any atom is 0.220 e. The quantitative estimate of drug-likeness (QED) is 0.815. The van der Waals surface area contributed by atoms with Crippen molar-refractivity contribution in [1.82, 2.24) is 10.2 Å². The summed E-state index contributed by atoms with van der Waals surface area (Å²) < 4.78 is 18.8. The number of amides is 1. The third-order valence-corrected chi connectivity index (χ3v) is 5.15. The van der Waals surface area contributed by atoms with Gasteiger partial charge in [0.15, 0.2) is 0 Å². The number of rotatable bonds is 7. The van der Waals surface area contributed by atoms with E-state index in [1.807, 2.05) is 18.2 Å². The van der Waals surface area contributed by atoms with Crippen LogP contribution in [0.2, 0.25) is 0 Å². The van der Waals surface area contributed by atoms with E-state index in [9.17, 15) is 9.18 Å². The van der Waals surface area contributed by atoms with E-state index in [4.69, 9.17) is 4.42 Å². The zero-order valence-corrected chi connectivity index (χ0v) is 15.3. The number of hydrogen-bond donors (Lipinski definition) is 1. The lowest BCUT2D eigenvalue weighted by Gasteiger charge is -2.35. The van der Waals surface area contributed by atoms with Crippen molar-refractivity contribution in [1.29, 1.82) is 0 Å². The van der Waals surface area contributed by atoms with Gasteiger partial charge < -0.3 is 9.73 Å². The van der Waals surface area contributed by atoms with Crippen molar-refractivity contribution in [3.05, 3.63) is 59.8 Å². The highest BCUT2D eigenvalue weighted by atomic mass is 19.1. The van der Waals surface area contributed by atoms with E-state index in [1.165, 1.54) is 25.0 Å². The number of hydrogen-bond acceptors (Lipinski definition) is 3. The molecule has 0 spiro atoms. The van der Waals surface area contributed by atoms with E-state index >= 15 is 0 Å². The first-order chi connectivity index (χ1) is 12.6. The highest BCUT2D eigenvalue weighted by Gasteiger charge is 2.26. The van der Waals surface area contributed by atoms with Gasteiger partial charge in [0.1, 0.15) is 11.6 Å². The molecule has 0 radical (unpaired) electrons. The van der Waals surface area contributed by atoms with Gasteiger partial charge in [0.25, 0.3) is 0 Å². The molecule has 4 nitrogen and oxygen atoms in total. The third kappa shape index (κ3) is 5.18. The van der Waals surface area contributed by atoms with Crippen molar-refractivity contribution in [2.45, 2.75) is 38.6 Å². The molecule has 1 atom stereocenters. The van der Waals surface area contributed by atoms with E-state index in [1.54, 1.807) is 12.3 Å². The Kier molecular flexibility index (Phi) is 6.45. The molecular weight excluding hydrogens is 331 g/mol. The van der Waals surface area contributed by atoms with E-state index in [-0.39, 0.29) is 17.8 Å². The molecule has 1 saturated heterocycles. The summed E-state index contributed by atoms with van der Waals surface area (Å²) in [6, 6.07) is 10.3. The molecule has 5 heteroatoms. The highest BCUT2D eigenvalue weighted by molar-refractivity contribution is 5.76.